The van der Waals surface area contributed by atoms with Crippen molar-refractivity contribution >= 4 is 42.6 Å². The van der Waals surface area contributed by atoms with E-state index < -0.39 is 17.7 Å². The lowest BCUT2D eigenvalue weighted by molar-refractivity contribution is 0.0943. The topological polar surface area (TPSA) is 44.8 Å². The van der Waals surface area contributed by atoms with Crippen molar-refractivity contribution in [3.63, 3.8) is 0 Å². The van der Waals surface area contributed by atoms with Crippen molar-refractivity contribution in [1.82, 2.24) is 0 Å². The molecule has 0 spiro atoms. The zero-order valence-electron chi connectivity index (χ0n) is 11.5. The van der Waals surface area contributed by atoms with Gasteiger partial charge in [-0.1, -0.05) is 49.4 Å². The third-order valence-corrected chi connectivity index (χ3v) is 5.54. The molecule has 4 nitrogen and oxygen atoms in total. The lowest BCUT2D eigenvalue weighted by atomic mass is 10.1. The third kappa shape index (κ3) is 8.11. The van der Waals surface area contributed by atoms with Gasteiger partial charge in [-0.05, 0) is 20.3 Å². The van der Waals surface area contributed by atoms with Gasteiger partial charge >= 0.3 is 7.82 Å². The van der Waals surface area contributed by atoms with Crippen LogP contribution in [0.25, 0.3) is 0 Å². The van der Waals surface area contributed by atoms with Crippen LogP contribution in [0.4, 0.5) is 0 Å². The van der Waals surface area contributed by atoms with Gasteiger partial charge in [-0.3, -0.25) is 9.05 Å². The van der Waals surface area contributed by atoms with Gasteiger partial charge < -0.3 is 0 Å². The van der Waals surface area contributed by atoms with E-state index in [9.17, 15) is 4.57 Å². The Kier molecular flexibility index (Phi) is 10.3. The second-order valence-corrected chi connectivity index (χ2v) is 7.34. The Labute approximate surface area is 130 Å². The zero-order valence-corrected chi connectivity index (χ0v) is 14.7. The van der Waals surface area contributed by atoms with Crippen LogP contribution in [-0.2, 0) is 18.1 Å². The van der Waals surface area contributed by atoms with Crippen molar-refractivity contribution in [3.05, 3.63) is 0 Å². The number of hydrogen-bond donors (Lipinski definition) is 0. The maximum Gasteiger partial charge on any atom is 0.477 e. The summed E-state index contributed by atoms with van der Waals surface area (Å²) in [4.78, 5) is 0. The molecular weight excluding hydrogens is 333 g/mol. The zero-order chi connectivity index (χ0) is 14.9. The molecule has 19 heavy (non-hydrogen) atoms. The highest BCUT2D eigenvalue weighted by Crippen LogP contribution is 2.56. The highest BCUT2D eigenvalue weighted by Gasteiger charge is 2.43. The van der Waals surface area contributed by atoms with Gasteiger partial charge in [-0.15, -0.1) is 11.6 Å². The molecule has 0 radical (unpaired) electrons. The lowest BCUT2D eigenvalue weighted by Gasteiger charge is -2.28. The van der Waals surface area contributed by atoms with Crippen molar-refractivity contribution in [1.29, 1.82) is 0 Å². The largest absolute Gasteiger partial charge is 0.477 e. The standard InChI is InChI=1S/C11H22Cl3O4P/c1-4-7-8-9-10(12)11(13,14)18-19(15,16-5-2)17-6-3/h10H,4-9H2,1-3H3. The van der Waals surface area contributed by atoms with Crippen LogP contribution < -0.4 is 0 Å². The molecule has 1 atom stereocenters. The molecule has 0 aromatic rings. The predicted octanol–water partition coefficient (Wildman–Crippen LogP) is 5.50. The fraction of sp³-hybridized carbons (Fsp3) is 1.00. The van der Waals surface area contributed by atoms with E-state index in [0.29, 0.717) is 6.42 Å². The number of halogens is 3. The molecule has 8 heteroatoms. The van der Waals surface area contributed by atoms with Crippen molar-refractivity contribution in [2.45, 2.75) is 56.4 Å². The molecule has 1 unspecified atom stereocenters. The molecule has 0 aliphatic rings. The van der Waals surface area contributed by atoms with Crippen molar-refractivity contribution < 1.29 is 18.1 Å². The van der Waals surface area contributed by atoms with Crippen LogP contribution in [-0.4, -0.2) is 23.1 Å². The van der Waals surface area contributed by atoms with E-state index in [1.165, 1.54) is 0 Å². The smallest absolute Gasteiger partial charge is 0.287 e. The second-order valence-electron chi connectivity index (χ2n) is 3.90. The number of alkyl halides is 3. The second kappa shape index (κ2) is 9.83. The Hall–Kier alpha value is 0.980. The van der Waals surface area contributed by atoms with Crippen LogP contribution in [0, 0.1) is 0 Å². The van der Waals surface area contributed by atoms with Gasteiger partial charge in [0.05, 0.1) is 18.6 Å². The fourth-order valence-corrected chi connectivity index (χ4v) is 3.58. The average molecular weight is 356 g/mol. The van der Waals surface area contributed by atoms with E-state index in [-0.39, 0.29) is 13.2 Å². The van der Waals surface area contributed by atoms with Gasteiger partial charge in [0, 0.05) is 0 Å². The first-order chi connectivity index (χ1) is 8.81. The Morgan fingerprint density at radius 3 is 2.05 bits per heavy atom. The molecular formula is C11H22Cl3O4P. The van der Waals surface area contributed by atoms with Gasteiger partial charge in [0.1, 0.15) is 0 Å². The number of unbranched alkanes of at least 4 members (excludes halogenated alkanes) is 2. The molecule has 116 valence electrons. The summed E-state index contributed by atoms with van der Waals surface area (Å²) in [6.07, 6.45) is 3.49. The summed E-state index contributed by atoms with van der Waals surface area (Å²) >= 11 is 18.1. The average Bonchev–Trinajstić information content (AvgIpc) is 2.28. The quantitative estimate of drug-likeness (QED) is 0.279. The van der Waals surface area contributed by atoms with Crippen molar-refractivity contribution in [2.24, 2.45) is 0 Å². The Balaban J connectivity index is 4.56. The SMILES string of the molecule is CCCCCC(Cl)C(Cl)(Cl)OP(=O)(OCC)OCC. The molecule has 0 heterocycles. The first kappa shape index (κ1) is 20.0. The minimum absolute atomic E-state index is 0.157. The Bertz CT molecular complexity index is 279. The van der Waals surface area contributed by atoms with E-state index in [4.69, 9.17) is 48.4 Å². The minimum atomic E-state index is -3.78. The van der Waals surface area contributed by atoms with E-state index in [1.54, 1.807) is 13.8 Å². The molecule has 0 aliphatic carbocycles. The molecule has 0 aliphatic heterocycles. The number of phosphoric acid groups is 1. The summed E-state index contributed by atoms with van der Waals surface area (Å²) in [7, 11) is -3.78. The Morgan fingerprint density at radius 1 is 1.11 bits per heavy atom. The molecule has 0 saturated heterocycles. The van der Waals surface area contributed by atoms with Crippen LogP contribution in [0.1, 0.15) is 46.5 Å². The lowest BCUT2D eigenvalue weighted by Crippen LogP contribution is -2.29. The maximum atomic E-state index is 12.2. The molecule has 0 N–H and O–H groups in total. The predicted molar refractivity (Wildman–Crippen MR) is 80.2 cm³/mol. The van der Waals surface area contributed by atoms with Crippen LogP contribution in [0.2, 0.25) is 0 Å². The highest BCUT2D eigenvalue weighted by atomic mass is 35.5. The van der Waals surface area contributed by atoms with Crippen LogP contribution in [0.15, 0.2) is 0 Å². The Morgan fingerprint density at radius 2 is 1.63 bits per heavy atom. The first-order valence-corrected chi connectivity index (χ1v) is 9.08. The van der Waals surface area contributed by atoms with Crippen molar-refractivity contribution in [3.8, 4) is 0 Å². The molecule has 0 bridgehead atoms. The monoisotopic (exact) mass is 354 g/mol. The molecule has 0 aromatic heterocycles. The number of hydrogen-bond acceptors (Lipinski definition) is 4. The summed E-state index contributed by atoms with van der Waals surface area (Å²) in [6, 6.07) is 0. The van der Waals surface area contributed by atoms with Gasteiger partial charge in [-0.2, -0.15) is 0 Å². The van der Waals surface area contributed by atoms with Crippen LogP contribution in [0.3, 0.4) is 0 Å². The molecule has 0 fully saturated rings. The maximum absolute atomic E-state index is 12.2. The summed E-state index contributed by atoms with van der Waals surface area (Å²) in [6.45, 7) is 5.72. The van der Waals surface area contributed by atoms with Gasteiger partial charge in [0.15, 0.2) is 0 Å². The molecule has 0 rings (SSSR count). The normalized spacial score (nSPS) is 14.6. The van der Waals surface area contributed by atoms with E-state index in [2.05, 4.69) is 6.92 Å². The summed E-state index contributed by atoms with van der Waals surface area (Å²) in [5.41, 5.74) is 0. The van der Waals surface area contributed by atoms with Gasteiger partial charge in [0.2, 0.25) is 4.52 Å². The summed E-state index contributed by atoms with van der Waals surface area (Å²) in [5.74, 6) is 0. The molecule has 0 aromatic carbocycles. The number of rotatable bonds is 11. The minimum Gasteiger partial charge on any atom is -0.287 e. The van der Waals surface area contributed by atoms with Crippen molar-refractivity contribution in [2.75, 3.05) is 13.2 Å². The van der Waals surface area contributed by atoms with Gasteiger partial charge in [0.25, 0.3) is 0 Å². The highest BCUT2D eigenvalue weighted by molar-refractivity contribution is 7.48. The first-order valence-electron chi connectivity index (χ1n) is 6.43. The van der Waals surface area contributed by atoms with E-state index >= 15 is 0 Å². The third-order valence-electron chi connectivity index (χ3n) is 2.23. The van der Waals surface area contributed by atoms with Gasteiger partial charge in [-0.25, -0.2) is 9.09 Å². The van der Waals surface area contributed by atoms with Crippen LogP contribution in [0.5, 0.6) is 0 Å². The fourth-order valence-electron chi connectivity index (χ4n) is 1.35. The summed E-state index contributed by atoms with van der Waals surface area (Å²) < 4.78 is 25.4. The van der Waals surface area contributed by atoms with Crippen LogP contribution >= 0.6 is 42.6 Å². The van der Waals surface area contributed by atoms with E-state index in [0.717, 1.165) is 19.3 Å². The number of phosphoric ester groups is 1. The van der Waals surface area contributed by atoms with E-state index in [1.807, 2.05) is 0 Å². The summed E-state index contributed by atoms with van der Waals surface area (Å²) in [5, 5.41) is -0.698. The molecule has 0 saturated carbocycles. The molecule has 0 amide bonds.